The van der Waals surface area contributed by atoms with Crippen LogP contribution >= 0.6 is 11.6 Å². The molecule has 1 saturated heterocycles. The highest BCUT2D eigenvalue weighted by atomic mass is 35.5. The Morgan fingerprint density at radius 1 is 1.11 bits per heavy atom. The van der Waals surface area contributed by atoms with E-state index >= 15 is 0 Å². The molecule has 37 heavy (non-hydrogen) atoms. The van der Waals surface area contributed by atoms with Gasteiger partial charge in [-0.1, -0.05) is 60.1 Å². The number of piperazine rings is 1. The lowest BCUT2D eigenvalue weighted by molar-refractivity contribution is -0.131. The van der Waals surface area contributed by atoms with Crippen LogP contribution in [-0.2, 0) is 4.79 Å². The van der Waals surface area contributed by atoms with Gasteiger partial charge in [-0.3, -0.25) is 4.79 Å². The van der Waals surface area contributed by atoms with Gasteiger partial charge in [-0.05, 0) is 48.4 Å². The fourth-order valence-electron chi connectivity index (χ4n) is 4.69. The van der Waals surface area contributed by atoms with E-state index in [1.807, 2.05) is 89.7 Å². The van der Waals surface area contributed by atoms with Crippen molar-refractivity contribution < 1.29 is 9.53 Å². The van der Waals surface area contributed by atoms with Crippen LogP contribution in [0.4, 0.5) is 5.69 Å². The van der Waals surface area contributed by atoms with Crippen molar-refractivity contribution in [2.45, 2.75) is 13.0 Å². The summed E-state index contributed by atoms with van der Waals surface area (Å²) in [4.78, 5) is 21.8. The van der Waals surface area contributed by atoms with E-state index < -0.39 is 0 Å². The van der Waals surface area contributed by atoms with Crippen molar-refractivity contribution >= 4 is 35.2 Å². The molecule has 1 amide bonds. The van der Waals surface area contributed by atoms with E-state index in [2.05, 4.69) is 10.3 Å². The van der Waals surface area contributed by atoms with Crippen molar-refractivity contribution in [1.29, 1.82) is 5.26 Å². The van der Waals surface area contributed by atoms with E-state index in [0.29, 0.717) is 41.9 Å². The number of para-hydroxylation sites is 1. The van der Waals surface area contributed by atoms with Crippen molar-refractivity contribution in [2.24, 2.45) is 4.99 Å². The Morgan fingerprint density at radius 3 is 2.68 bits per heavy atom. The average Bonchev–Trinajstić information content (AvgIpc) is 2.93. The summed E-state index contributed by atoms with van der Waals surface area (Å²) in [6.07, 6.45) is 3.79. The maximum atomic E-state index is 13.8. The molecular formula is C29H26ClN5O2. The zero-order chi connectivity index (χ0) is 25.8. The summed E-state index contributed by atoms with van der Waals surface area (Å²) in [6.45, 7) is 3.65. The molecule has 1 N–H and O–H groups in total. The van der Waals surface area contributed by atoms with Gasteiger partial charge in [0.05, 0.1) is 11.6 Å². The zero-order valence-corrected chi connectivity index (χ0v) is 21.2. The van der Waals surface area contributed by atoms with Crippen LogP contribution in [0.2, 0.25) is 5.02 Å². The standard InChI is InChI=1S/C29H26ClN5O2/c1-20-7-5-6-10-25(20)33-29(32-19-31)34-13-14-35(26(17-34)21-8-3-2-4-9-21)28(36)23-15-22-16-24(30)11-12-27(22)37-18-23/h2-12,15-16,26H,13-14,17-18H2,1H3,(H,32,33). The van der Waals surface area contributed by atoms with Crippen molar-refractivity contribution in [3.05, 3.63) is 100 Å². The fraction of sp³-hybridized carbons (Fsp3) is 0.207. The monoisotopic (exact) mass is 511 g/mol. The van der Waals surface area contributed by atoms with E-state index in [4.69, 9.17) is 16.3 Å². The number of aliphatic imine (C=N–C) groups is 1. The van der Waals surface area contributed by atoms with Gasteiger partial charge < -0.3 is 19.9 Å². The summed E-state index contributed by atoms with van der Waals surface area (Å²) >= 11 is 6.17. The first-order valence-electron chi connectivity index (χ1n) is 12.1. The summed E-state index contributed by atoms with van der Waals surface area (Å²) in [5.74, 6) is 1.10. The first-order valence-corrected chi connectivity index (χ1v) is 12.4. The number of nitrogens with one attached hydrogen (secondary N) is 1. The number of nitriles is 1. The fourth-order valence-corrected chi connectivity index (χ4v) is 4.87. The maximum absolute atomic E-state index is 13.8. The SMILES string of the molecule is Cc1ccccc1N/C(=N\C#N)N1CCN(C(=O)C2=Cc3cc(Cl)ccc3OC2)C(c2ccccc2)C1. The first-order chi connectivity index (χ1) is 18.0. The highest BCUT2D eigenvalue weighted by Crippen LogP contribution is 2.32. The normalized spacial score (nSPS) is 17.3. The number of nitrogens with zero attached hydrogens (tertiary/aromatic N) is 4. The highest BCUT2D eigenvalue weighted by Gasteiger charge is 2.35. The molecule has 0 spiro atoms. The summed E-state index contributed by atoms with van der Waals surface area (Å²) in [7, 11) is 0. The van der Waals surface area contributed by atoms with E-state index in [1.54, 1.807) is 12.1 Å². The minimum absolute atomic E-state index is 0.0789. The van der Waals surface area contributed by atoms with Gasteiger partial charge in [0.1, 0.15) is 12.4 Å². The Hall–Kier alpha value is -4.28. The number of fused-ring (bicyclic) bond motifs is 1. The second kappa shape index (κ2) is 10.8. The van der Waals surface area contributed by atoms with E-state index in [9.17, 15) is 10.1 Å². The third kappa shape index (κ3) is 5.30. The van der Waals surface area contributed by atoms with Crippen LogP contribution in [0.3, 0.4) is 0 Å². The molecule has 5 rings (SSSR count). The molecule has 7 nitrogen and oxygen atoms in total. The number of carbonyl (C=O) groups excluding carboxylic acids is 1. The Kier molecular flexibility index (Phi) is 7.11. The molecule has 0 aromatic heterocycles. The van der Waals surface area contributed by atoms with Crippen LogP contribution in [0, 0.1) is 18.4 Å². The highest BCUT2D eigenvalue weighted by molar-refractivity contribution is 6.30. The molecule has 1 fully saturated rings. The number of halogens is 1. The molecule has 2 aliphatic heterocycles. The number of amides is 1. The number of hydrogen-bond acceptors (Lipinski definition) is 4. The third-order valence-corrected chi connectivity index (χ3v) is 6.87. The van der Waals surface area contributed by atoms with E-state index in [-0.39, 0.29) is 18.6 Å². The van der Waals surface area contributed by atoms with Gasteiger partial charge in [-0.25, -0.2) is 0 Å². The second-order valence-electron chi connectivity index (χ2n) is 8.99. The largest absolute Gasteiger partial charge is 0.488 e. The van der Waals surface area contributed by atoms with Gasteiger partial charge in [0, 0.05) is 35.9 Å². The van der Waals surface area contributed by atoms with Crippen molar-refractivity contribution in [2.75, 3.05) is 31.6 Å². The van der Waals surface area contributed by atoms with E-state index in [1.165, 1.54) is 0 Å². The minimum atomic E-state index is -0.244. The summed E-state index contributed by atoms with van der Waals surface area (Å²) in [5.41, 5.74) is 4.31. The summed E-state index contributed by atoms with van der Waals surface area (Å²) in [6, 6.07) is 22.9. The number of carbonyl (C=O) groups is 1. The Labute approximate surface area is 221 Å². The van der Waals surface area contributed by atoms with Gasteiger partial charge in [-0.2, -0.15) is 5.26 Å². The molecule has 3 aromatic rings. The Bertz CT molecular complexity index is 1410. The lowest BCUT2D eigenvalue weighted by Crippen LogP contribution is -2.54. The summed E-state index contributed by atoms with van der Waals surface area (Å²) in [5, 5.41) is 13.3. The molecule has 0 aliphatic carbocycles. The number of guanidine groups is 1. The molecule has 1 atom stereocenters. The molecule has 8 heteroatoms. The maximum Gasteiger partial charge on any atom is 0.253 e. The minimum Gasteiger partial charge on any atom is -0.488 e. The van der Waals surface area contributed by atoms with Crippen LogP contribution in [0.5, 0.6) is 5.75 Å². The van der Waals surface area contributed by atoms with E-state index in [0.717, 1.165) is 22.4 Å². The molecule has 1 unspecified atom stereocenters. The number of rotatable bonds is 3. The molecule has 0 radical (unpaired) electrons. The average molecular weight is 512 g/mol. The van der Waals surface area contributed by atoms with Crippen molar-refractivity contribution in [1.82, 2.24) is 9.80 Å². The molecule has 0 bridgehead atoms. The molecular weight excluding hydrogens is 486 g/mol. The van der Waals surface area contributed by atoms with Gasteiger partial charge in [0.2, 0.25) is 12.2 Å². The van der Waals surface area contributed by atoms with Crippen LogP contribution in [0.15, 0.2) is 83.4 Å². The van der Waals surface area contributed by atoms with Gasteiger partial charge in [-0.15, -0.1) is 4.99 Å². The topological polar surface area (TPSA) is 81.0 Å². The predicted molar refractivity (Wildman–Crippen MR) is 145 cm³/mol. The van der Waals surface area contributed by atoms with Crippen LogP contribution in [-0.4, -0.2) is 47.9 Å². The molecule has 2 heterocycles. The predicted octanol–water partition coefficient (Wildman–Crippen LogP) is 5.26. The smallest absolute Gasteiger partial charge is 0.253 e. The van der Waals surface area contributed by atoms with Crippen LogP contribution < -0.4 is 10.1 Å². The molecule has 3 aromatic carbocycles. The number of anilines is 1. The van der Waals surface area contributed by atoms with Crippen molar-refractivity contribution in [3.8, 4) is 11.9 Å². The molecule has 186 valence electrons. The number of benzene rings is 3. The van der Waals surface area contributed by atoms with Gasteiger partial charge in [0.15, 0.2) is 0 Å². The lowest BCUT2D eigenvalue weighted by Gasteiger charge is -2.43. The number of hydrogen-bond donors (Lipinski definition) is 1. The number of ether oxygens (including phenoxy) is 1. The first kappa shape index (κ1) is 24.4. The third-order valence-electron chi connectivity index (χ3n) is 6.63. The Balaban J connectivity index is 1.43. The van der Waals surface area contributed by atoms with Gasteiger partial charge in [0.25, 0.3) is 5.91 Å². The van der Waals surface area contributed by atoms with Crippen LogP contribution in [0.1, 0.15) is 22.7 Å². The Morgan fingerprint density at radius 2 is 1.89 bits per heavy atom. The molecule has 0 saturated carbocycles. The summed E-state index contributed by atoms with van der Waals surface area (Å²) < 4.78 is 5.86. The van der Waals surface area contributed by atoms with Crippen molar-refractivity contribution in [3.63, 3.8) is 0 Å². The van der Waals surface area contributed by atoms with Gasteiger partial charge >= 0.3 is 0 Å². The number of aryl methyl sites for hydroxylation is 1. The van der Waals surface area contributed by atoms with Crippen LogP contribution in [0.25, 0.3) is 6.08 Å². The molecule has 2 aliphatic rings. The second-order valence-corrected chi connectivity index (χ2v) is 9.42. The quantitative estimate of drug-likeness (QED) is 0.295. The lowest BCUT2D eigenvalue weighted by atomic mass is 10.00. The zero-order valence-electron chi connectivity index (χ0n) is 20.4.